The lowest BCUT2D eigenvalue weighted by atomic mass is 10.0. The van der Waals surface area contributed by atoms with E-state index >= 15 is 0 Å². The Morgan fingerprint density at radius 1 is 1.56 bits per heavy atom. The van der Waals surface area contributed by atoms with Crippen molar-refractivity contribution >= 4 is 0 Å². The van der Waals surface area contributed by atoms with Gasteiger partial charge in [-0.15, -0.1) is 0 Å². The molecule has 0 unspecified atom stereocenters. The van der Waals surface area contributed by atoms with Gasteiger partial charge in [0.15, 0.2) is 0 Å². The monoisotopic (exact) mass is 129 g/mol. The van der Waals surface area contributed by atoms with E-state index in [9.17, 15) is 0 Å². The van der Waals surface area contributed by atoms with Crippen molar-refractivity contribution in [2.24, 2.45) is 5.92 Å². The molecule has 1 aliphatic rings. The summed E-state index contributed by atoms with van der Waals surface area (Å²) in [7, 11) is 0. The van der Waals surface area contributed by atoms with Crippen molar-refractivity contribution in [3.05, 3.63) is 0 Å². The predicted molar refractivity (Wildman–Crippen MR) is 37.3 cm³/mol. The number of aliphatic hydroxyl groups excluding tert-OH is 1. The number of nitrogens with one attached hydrogen (secondary N) is 1. The summed E-state index contributed by atoms with van der Waals surface area (Å²) in [6.45, 7) is 5.13. The Bertz CT molecular complexity index is 92.9. The number of hydrogen-bond donors (Lipinski definition) is 2. The van der Waals surface area contributed by atoms with Crippen LogP contribution in [0.4, 0.5) is 0 Å². The van der Waals surface area contributed by atoms with Crippen LogP contribution in [0.25, 0.3) is 0 Å². The van der Waals surface area contributed by atoms with Gasteiger partial charge in [-0.2, -0.15) is 0 Å². The molecule has 54 valence electrons. The number of β-amino-alcohol motifs (C(OH)–C–C–N with tert-alkyl or cyclic N) is 1. The van der Waals surface area contributed by atoms with Gasteiger partial charge in [0.05, 0.1) is 6.10 Å². The molecule has 9 heavy (non-hydrogen) atoms. The molecule has 1 heterocycles. The first kappa shape index (κ1) is 7.03. The summed E-state index contributed by atoms with van der Waals surface area (Å²) in [6.07, 6.45) is 0.829. The minimum Gasteiger partial charge on any atom is -0.392 e. The number of aliphatic hydroxyl groups is 1. The highest BCUT2D eigenvalue weighted by molar-refractivity contribution is 4.82. The lowest BCUT2D eigenvalue weighted by Gasteiger charge is -2.12. The standard InChI is InChI=1S/C7H15NO/c1-5(2)7-3-6(9)4-8-7/h5-9H,3-4H2,1-2H3/t6-,7-/m0/s1. The summed E-state index contributed by atoms with van der Waals surface area (Å²) < 4.78 is 0. The molecule has 0 radical (unpaired) electrons. The molecule has 0 aromatic heterocycles. The average Bonchev–Trinajstić information content (AvgIpc) is 2.14. The first-order valence-electron chi connectivity index (χ1n) is 3.61. The molecule has 0 amide bonds. The Kier molecular flexibility index (Phi) is 2.09. The lowest BCUT2D eigenvalue weighted by Crippen LogP contribution is -2.26. The summed E-state index contributed by atoms with van der Waals surface area (Å²) in [6, 6.07) is 0.542. The van der Waals surface area contributed by atoms with E-state index in [1.165, 1.54) is 0 Å². The minimum atomic E-state index is -0.0996. The molecule has 0 aromatic carbocycles. The zero-order valence-corrected chi connectivity index (χ0v) is 6.09. The molecule has 0 aromatic rings. The van der Waals surface area contributed by atoms with Crippen LogP contribution >= 0.6 is 0 Å². The van der Waals surface area contributed by atoms with Gasteiger partial charge in [0.25, 0.3) is 0 Å². The van der Waals surface area contributed by atoms with E-state index in [2.05, 4.69) is 19.2 Å². The molecule has 2 N–H and O–H groups in total. The van der Waals surface area contributed by atoms with Gasteiger partial charge in [0, 0.05) is 12.6 Å². The van der Waals surface area contributed by atoms with Gasteiger partial charge in [-0.1, -0.05) is 13.8 Å². The SMILES string of the molecule is CC(C)[C@@H]1C[C@H](O)CN1. The molecular weight excluding hydrogens is 114 g/mol. The molecule has 0 saturated carbocycles. The molecule has 0 bridgehead atoms. The largest absolute Gasteiger partial charge is 0.392 e. The van der Waals surface area contributed by atoms with Crippen LogP contribution in [0.1, 0.15) is 20.3 Å². The molecule has 1 saturated heterocycles. The summed E-state index contributed by atoms with van der Waals surface area (Å²) >= 11 is 0. The van der Waals surface area contributed by atoms with Crippen LogP contribution < -0.4 is 5.32 Å². The van der Waals surface area contributed by atoms with Gasteiger partial charge in [-0.25, -0.2) is 0 Å². The molecule has 1 fully saturated rings. The smallest absolute Gasteiger partial charge is 0.0679 e. The van der Waals surface area contributed by atoms with Gasteiger partial charge in [0.2, 0.25) is 0 Å². The van der Waals surface area contributed by atoms with E-state index in [1.54, 1.807) is 0 Å². The zero-order valence-electron chi connectivity index (χ0n) is 6.09. The summed E-state index contributed by atoms with van der Waals surface area (Å²) in [5, 5.41) is 12.3. The Morgan fingerprint density at radius 3 is 2.44 bits per heavy atom. The second kappa shape index (κ2) is 2.67. The first-order valence-corrected chi connectivity index (χ1v) is 3.61. The summed E-state index contributed by atoms with van der Waals surface area (Å²) in [4.78, 5) is 0. The summed E-state index contributed by atoms with van der Waals surface area (Å²) in [5.41, 5.74) is 0. The Balaban J connectivity index is 2.30. The molecule has 0 aliphatic carbocycles. The number of rotatable bonds is 1. The maximum absolute atomic E-state index is 9.09. The second-order valence-electron chi connectivity index (χ2n) is 3.15. The van der Waals surface area contributed by atoms with Crippen molar-refractivity contribution in [2.45, 2.75) is 32.4 Å². The van der Waals surface area contributed by atoms with Crippen LogP contribution in [-0.2, 0) is 0 Å². The maximum Gasteiger partial charge on any atom is 0.0679 e. The highest BCUT2D eigenvalue weighted by Gasteiger charge is 2.23. The Labute approximate surface area is 56.3 Å². The van der Waals surface area contributed by atoms with E-state index in [-0.39, 0.29) is 6.10 Å². The quantitative estimate of drug-likeness (QED) is 0.536. The van der Waals surface area contributed by atoms with Crippen LogP contribution in [-0.4, -0.2) is 23.8 Å². The molecule has 2 heteroatoms. The van der Waals surface area contributed by atoms with Crippen molar-refractivity contribution in [1.29, 1.82) is 0 Å². The fraction of sp³-hybridized carbons (Fsp3) is 1.00. The fourth-order valence-electron chi connectivity index (χ4n) is 1.26. The highest BCUT2D eigenvalue weighted by Crippen LogP contribution is 2.13. The van der Waals surface area contributed by atoms with E-state index in [1.807, 2.05) is 0 Å². The van der Waals surface area contributed by atoms with Crippen LogP contribution in [0.15, 0.2) is 0 Å². The molecule has 0 spiro atoms. The van der Waals surface area contributed by atoms with Gasteiger partial charge in [-0.05, 0) is 12.3 Å². The van der Waals surface area contributed by atoms with Gasteiger partial charge < -0.3 is 10.4 Å². The second-order valence-corrected chi connectivity index (χ2v) is 3.15. The van der Waals surface area contributed by atoms with Crippen molar-refractivity contribution in [3.8, 4) is 0 Å². The molecule has 2 atom stereocenters. The Hall–Kier alpha value is -0.0800. The van der Waals surface area contributed by atoms with E-state index in [4.69, 9.17) is 5.11 Å². The van der Waals surface area contributed by atoms with E-state index < -0.39 is 0 Å². The van der Waals surface area contributed by atoms with Crippen LogP contribution in [0, 0.1) is 5.92 Å². The third-order valence-corrected chi connectivity index (χ3v) is 1.95. The lowest BCUT2D eigenvalue weighted by molar-refractivity contribution is 0.190. The third-order valence-electron chi connectivity index (χ3n) is 1.95. The van der Waals surface area contributed by atoms with E-state index in [0.717, 1.165) is 13.0 Å². The van der Waals surface area contributed by atoms with Crippen LogP contribution in [0.3, 0.4) is 0 Å². The molecule has 1 aliphatic heterocycles. The van der Waals surface area contributed by atoms with Gasteiger partial charge in [0.1, 0.15) is 0 Å². The molecule has 1 rings (SSSR count). The Morgan fingerprint density at radius 2 is 2.22 bits per heavy atom. The topological polar surface area (TPSA) is 32.3 Å². The predicted octanol–water partition coefficient (Wildman–Crippen LogP) is 0.365. The van der Waals surface area contributed by atoms with Crippen molar-refractivity contribution < 1.29 is 5.11 Å². The van der Waals surface area contributed by atoms with Crippen LogP contribution in [0.2, 0.25) is 0 Å². The highest BCUT2D eigenvalue weighted by atomic mass is 16.3. The van der Waals surface area contributed by atoms with E-state index in [0.29, 0.717) is 12.0 Å². The third kappa shape index (κ3) is 1.66. The minimum absolute atomic E-state index is 0.0996. The normalized spacial score (nSPS) is 36.0. The molecule has 2 nitrogen and oxygen atoms in total. The van der Waals surface area contributed by atoms with Crippen molar-refractivity contribution in [3.63, 3.8) is 0 Å². The number of hydrogen-bond acceptors (Lipinski definition) is 2. The first-order chi connectivity index (χ1) is 4.20. The van der Waals surface area contributed by atoms with Crippen molar-refractivity contribution in [1.82, 2.24) is 5.32 Å². The average molecular weight is 129 g/mol. The van der Waals surface area contributed by atoms with Gasteiger partial charge in [-0.3, -0.25) is 0 Å². The maximum atomic E-state index is 9.09. The van der Waals surface area contributed by atoms with Gasteiger partial charge >= 0.3 is 0 Å². The fourth-order valence-corrected chi connectivity index (χ4v) is 1.26. The molecular formula is C7H15NO. The summed E-state index contributed by atoms with van der Waals surface area (Å²) in [5.74, 6) is 0.655. The van der Waals surface area contributed by atoms with Crippen LogP contribution in [0.5, 0.6) is 0 Å². The van der Waals surface area contributed by atoms with Crippen molar-refractivity contribution in [2.75, 3.05) is 6.54 Å². The zero-order chi connectivity index (χ0) is 6.85.